The van der Waals surface area contributed by atoms with Gasteiger partial charge in [-0.15, -0.1) is 0 Å². The Kier molecular flexibility index (Phi) is 7.82. The summed E-state index contributed by atoms with van der Waals surface area (Å²) in [6, 6.07) is 0. The first-order valence-electron chi connectivity index (χ1n) is 14.5. The number of hydrogen-bond acceptors (Lipinski definition) is 1. The fraction of sp³-hybridized carbons (Fsp3) is 1.00. The van der Waals surface area contributed by atoms with Crippen molar-refractivity contribution >= 4 is 0 Å². The third-order valence-electron chi connectivity index (χ3n) is 11.8. The predicted octanol–water partition coefficient (Wildman–Crippen LogP) is 8.64. The SMILES string of the molecule is CC(CCCCO)CCC[C@@H](C)[C@H]1CC[C@H]2[C@@H]3CCC4CCCC[C@]4(C)[C@H]3CC[C@]12C. The van der Waals surface area contributed by atoms with E-state index < -0.39 is 0 Å². The van der Waals surface area contributed by atoms with Crippen molar-refractivity contribution in [3.63, 3.8) is 0 Å². The molecule has 0 saturated heterocycles. The molecule has 4 fully saturated rings. The molecule has 0 aromatic carbocycles. The smallest absolute Gasteiger partial charge is 0.0431 e. The Morgan fingerprint density at radius 1 is 0.742 bits per heavy atom. The maximum Gasteiger partial charge on any atom is 0.0431 e. The van der Waals surface area contributed by atoms with Crippen molar-refractivity contribution in [2.75, 3.05) is 6.61 Å². The Balaban J connectivity index is 1.33. The molecule has 0 radical (unpaired) electrons. The quantitative estimate of drug-likeness (QED) is 0.363. The minimum Gasteiger partial charge on any atom is -0.396 e. The van der Waals surface area contributed by atoms with Crippen LogP contribution in [0.1, 0.15) is 130 Å². The van der Waals surface area contributed by atoms with Gasteiger partial charge in [0, 0.05) is 6.61 Å². The molecule has 4 saturated carbocycles. The van der Waals surface area contributed by atoms with Crippen LogP contribution in [0.25, 0.3) is 0 Å². The monoisotopic (exact) mass is 430 g/mol. The molecule has 0 bridgehead atoms. The van der Waals surface area contributed by atoms with E-state index in [1.807, 2.05) is 0 Å². The lowest BCUT2D eigenvalue weighted by Crippen LogP contribution is -2.53. The summed E-state index contributed by atoms with van der Waals surface area (Å²) in [5, 5.41) is 9.01. The van der Waals surface area contributed by atoms with Gasteiger partial charge in [0.2, 0.25) is 0 Å². The number of rotatable bonds is 9. The molecule has 0 aromatic heterocycles. The van der Waals surface area contributed by atoms with Gasteiger partial charge in [0.05, 0.1) is 0 Å². The summed E-state index contributed by atoms with van der Waals surface area (Å²) < 4.78 is 0. The number of aliphatic hydroxyl groups is 1. The molecule has 0 heterocycles. The third-order valence-corrected chi connectivity index (χ3v) is 11.8. The topological polar surface area (TPSA) is 20.2 Å². The molecule has 0 amide bonds. The first kappa shape index (κ1) is 24.1. The second-order valence-corrected chi connectivity index (χ2v) is 13.4. The Morgan fingerprint density at radius 3 is 2.32 bits per heavy atom. The van der Waals surface area contributed by atoms with Gasteiger partial charge >= 0.3 is 0 Å². The lowest BCUT2D eigenvalue weighted by atomic mass is 9.44. The number of hydrogen-bond donors (Lipinski definition) is 1. The summed E-state index contributed by atoms with van der Waals surface area (Å²) in [5.74, 6) is 6.95. The zero-order chi connectivity index (χ0) is 22.1. The van der Waals surface area contributed by atoms with E-state index in [9.17, 15) is 0 Å². The molecular formula is C30H54O. The highest BCUT2D eigenvalue weighted by molar-refractivity contribution is 5.09. The van der Waals surface area contributed by atoms with Crippen molar-refractivity contribution in [3.8, 4) is 0 Å². The Hall–Kier alpha value is -0.0400. The van der Waals surface area contributed by atoms with Gasteiger partial charge in [-0.1, -0.05) is 72.6 Å². The van der Waals surface area contributed by atoms with Gasteiger partial charge in [0.25, 0.3) is 0 Å². The van der Waals surface area contributed by atoms with Crippen LogP contribution in [0.3, 0.4) is 0 Å². The molecule has 4 aliphatic rings. The van der Waals surface area contributed by atoms with Gasteiger partial charge in [0.1, 0.15) is 0 Å². The Labute approximate surface area is 194 Å². The first-order chi connectivity index (χ1) is 14.9. The van der Waals surface area contributed by atoms with Crippen LogP contribution >= 0.6 is 0 Å². The van der Waals surface area contributed by atoms with Crippen molar-refractivity contribution in [1.82, 2.24) is 0 Å². The second kappa shape index (κ2) is 10.1. The lowest BCUT2D eigenvalue weighted by molar-refractivity contribution is -0.114. The van der Waals surface area contributed by atoms with E-state index in [0.29, 0.717) is 17.4 Å². The molecule has 180 valence electrons. The average molecular weight is 431 g/mol. The van der Waals surface area contributed by atoms with Crippen LogP contribution in [0.4, 0.5) is 0 Å². The van der Waals surface area contributed by atoms with Gasteiger partial charge in [-0.05, 0) is 110 Å². The standard InChI is InChI=1S/C30H54O/c1-22(10-6-8-21-31)11-9-12-23(2)26-16-17-27-25-15-14-24-13-5-7-19-29(24,3)28(25)18-20-30(26,27)4/h22-28,31H,5-21H2,1-4H3/t22?,23-,24?,25+,26-,27+,28+,29+,30-/m1/s1. The van der Waals surface area contributed by atoms with Crippen LogP contribution in [-0.4, -0.2) is 11.7 Å². The maximum atomic E-state index is 9.01. The Morgan fingerprint density at radius 2 is 1.52 bits per heavy atom. The fourth-order valence-electron chi connectivity index (χ4n) is 10.0. The minimum atomic E-state index is 0.368. The number of unbranched alkanes of at least 4 members (excludes halogenated alkanes) is 1. The van der Waals surface area contributed by atoms with E-state index >= 15 is 0 Å². The van der Waals surface area contributed by atoms with Crippen LogP contribution < -0.4 is 0 Å². The van der Waals surface area contributed by atoms with Gasteiger partial charge in [-0.2, -0.15) is 0 Å². The minimum absolute atomic E-state index is 0.368. The van der Waals surface area contributed by atoms with E-state index in [0.717, 1.165) is 47.8 Å². The van der Waals surface area contributed by atoms with Gasteiger partial charge in [-0.3, -0.25) is 0 Å². The molecular weight excluding hydrogens is 376 g/mol. The van der Waals surface area contributed by atoms with Crippen LogP contribution in [0.15, 0.2) is 0 Å². The van der Waals surface area contributed by atoms with Gasteiger partial charge in [0.15, 0.2) is 0 Å². The van der Waals surface area contributed by atoms with Crippen molar-refractivity contribution < 1.29 is 5.11 Å². The van der Waals surface area contributed by atoms with Crippen molar-refractivity contribution in [2.24, 2.45) is 52.3 Å². The largest absolute Gasteiger partial charge is 0.396 e. The highest BCUT2D eigenvalue weighted by Gasteiger charge is 2.59. The van der Waals surface area contributed by atoms with Gasteiger partial charge in [-0.25, -0.2) is 0 Å². The second-order valence-electron chi connectivity index (χ2n) is 13.4. The highest BCUT2D eigenvalue weighted by atomic mass is 16.2. The zero-order valence-electron chi connectivity index (χ0n) is 21.5. The lowest BCUT2D eigenvalue weighted by Gasteiger charge is -2.61. The van der Waals surface area contributed by atoms with E-state index in [4.69, 9.17) is 5.11 Å². The number of aliphatic hydroxyl groups excluding tert-OH is 1. The molecule has 1 nitrogen and oxygen atoms in total. The molecule has 31 heavy (non-hydrogen) atoms. The summed E-state index contributed by atoms with van der Waals surface area (Å²) in [7, 11) is 0. The zero-order valence-corrected chi connectivity index (χ0v) is 21.5. The molecule has 0 aliphatic heterocycles. The summed E-state index contributed by atoms with van der Waals surface area (Å²) >= 11 is 0. The van der Waals surface area contributed by atoms with Crippen molar-refractivity contribution in [2.45, 2.75) is 130 Å². The van der Waals surface area contributed by atoms with E-state index in [1.165, 1.54) is 57.8 Å². The van der Waals surface area contributed by atoms with E-state index in [1.54, 1.807) is 38.5 Å². The fourth-order valence-corrected chi connectivity index (χ4v) is 10.0. The molecule has 2 unspecified atom stereocenters. The number of fused-ring (bicyclic) bond motifs is 5. The summed E-state index contributed by atoms with van der Waals surface area (Å²) in [5.41, 5.74) is 1.34. The molecule has 0 spiro atoms. The summed E-state index contributed by atoms with van der Waals surface area (Å²) in [4.78, 5) is 0. The molecule has 4 aliphatic carbocycles. The van der Waals surface area contributed by atoms with Gasteiger partial charge < -0.3 is 5.11 Å². The molecule has 0 aromatic rings. The van der Waals surface area contributed by atoms with Crippen molar-refractivity contribution in [1.29, 1.82) is 0 Å². The first-order valence-corrected chi connectivity index (χ1v) is 14.5. The van der Waals surface area contributed by atoms with Crippen molar-refractivity contribution in [3.05, 3.63) is 0 Å². The highest BCUT2D eigenvalue weighted by Crippen LogP contribution is 2.68. The van der Waals surface area contributed by atoms with E-state index in [2.05, 4.69) is 27.7 Å². The normalized spacial score (nSPS) is 44.2. The Bertz CT molecular complexity index is 571. The third kappa shape index (κ3) is 4.65. The van der Waals surface area contributed by atoms with E-state index in [-0.39, 0.29) is 0 Å². The predicted molar refractivity (Wildman–Crippen MR) is 133 cm³/mol. The molecule has 1 heteroatoms. The summed E-state index contributed by atoms with van der Waals surface area (Å²) in [6.07, 6.45) is 23.2. The molecule has 4 rings (SSSR count). The maximum absolute atomic E-state index is 9.01. The van der Waals surface area contributed by atoms with Crippen LogP contribution in [0.5, 0.6) is 0 Å². The van der Waals surface area contributed by atoms with Crippen LogP contribution in [-0.2, 0) is 0 Å². The molecule has 9 atom stereocenters. The van der Waals surface area contributed by atoms with Crippen LogP contribution in [0, 0.1) is 52.3 Å². The average Bonchev–Trinajstić information content (AvgIpc) is 3.11. The van der Waals surface area contributed by atoms with Crippen LogP contribution in [0.2, 0.25) is 0 Å². The summed E-state index contributed by atoms with van der Waals surface area (Å²) in [6.45, 7) is 10.9. The molecule has 1 N–H and O–H groups in total.